The summed E-state index contributed by atoms with van der Waals surface area (Å²) >= 11 is 0. The molecule has 3 aromatic rings. The molecule has 3 N–H and O–H groups in total. The van der Waals surface area contributed by atoms with Crippen molar-refractivity contribution in [1.29, 1.82) is 0 Å². The van der Waals surface area contributed by atoms with Crippen LogP contribution in [0.1, 0.15) is 63.5 Å². The molecule has 5 rings (SSSR count). The quantitative estimate of drug-likeness (QED) is 0.590. The lowest BCUT2D eigenvalue weighted by molar-refractivity contribution is 0.0755. The first-order chi connectivity index (χ1) is 14.4. The van der Waals surface area contributed by atoms with Gasteiger partial charge in [-0.15, -0.1) is 0 Å². The average Bonchev–Trinajstić information content (AvgIpc) is 3.32. The van der Waals surface area contributed by atoms with Gasteiger partial charge < -0.3 is 15.5 Å². The molecule has 30 heavy (non-hydrogen) atoms. The van der Waals surface area contributed by atoms with Crippen molar-refractivity contribution < 1.29 is 10.2 Å². The molecule has 0 aromatic carbocycles. The van der Waals surface area contributed by atoms with Gasteiger partial charge >= 0.3 is 0 Å². The van der Waals surface area contributed by atoms with Crippen LogP contribution in [0.15, 0.2) is 36.7 Å². The van der Waals surface area contributed by atoms with E-state index in [1.54, 1.807) is 20.0 Å². The fraction of sp³-hybridized carbons (Fsp3) is 0.500. The molecule has 0 bridgehead atoms. The molecule has 0 amide bonds. The van der Waals surface area contributed by atoms with E-state index in [-0.39, 0.29) is 6.61 Å². The van der Waals surface area contributed by atoms with Crippen molar-refractivity contribution in [2.24, 2.45) is 5.41 Å². The van der Waals surface area contributed by atoms with Gasteiger partial charge in [-0.25, -0.2) is 9.97 Å². The van der Waals surface area contributed by atoms with E-state index in [4.69, 9.17) is 4.98 Å². The van der Waals surface area contributed by atoms with Crippen LogP contribution >= 0.6 is 0 Å². The van der Waals surface area contributed by atoms with Crippen molar-refractivity contribution in [2.45, 2.75) is 70.6 Å². The summed E-state index contributed by atoms with van der Waals surface area (Å²) in [4.78, 5) is 9.39. The number of anilines is 1. The number of aliphatic hydroxyl groups is 2. The lowest BCUT2D eigenvalue weighted by Crippen LogP contribution is -2.28. The van der Waals surface area contributed by atoms with E-state index >= 15 is 0 Å². The molecule has 2 saturated carbocycles. The Bertz CT molecular complexity index is 1080. The number of imidazole rings is 1. The minimum absolute atomic E-state index is 0.140. The second-order valence-corrected chi connectivity index (χ2v) is 9.65. The third-order valence-electron chi connectivity index (χ3n) is 6.82. The fourth-order valence-electron chi connectivity index (χ4n) is 5.01. The van der Waals surface area contributed by atoms with Gasteiger partial charge in [-0.1, -0.05) is 12.5 Å². The first-order valence-electron chi connectivity index (χ1n) is 10.9. The average molecular weight is 407 g/mol. The van der Waals surface area contributed by atoms with Gasteiger partial charge in [0.05, 0.1) is 29.8 Å². The maximum absolute atomic E-state index is 10.6. The summed E-state index contributed by atoms with van der Waals surface area (Å²) in [6.07, 6.45) is 11.6. The van der Waals surface area contributed by atoms with Crippen molar-refractivity contribution in [3.05, 3.63) is 47.8 Å². The van der Waals surface area contributed by atoms with Gasteiger partial charge in [-0.3, -0.25) is 4.40 Å². The zero-order valence-corrected chi connectivity index (χ0v) is 17.7. The smallest absolute Gasteiger partial charge is 0.137 e. The molecule has 1 spiro atoms. The predicted molar refractivity (Wildman–Crippen MR) is 117 cm³/mol. The Morgan fingerprint density at radius 3 is 2.83 bits per heavy atom. The molecule has 0 aliphatic heterocycles. The van der Waals surface area contributed by atoms with Crippen molar-refractivity contribution in [2.75, 3.05) is 5.32 Å². The standard InChI is InChI=1S/C24H30N4O2/c1-23(2,30)18-14-28-20(13-25-22(28)11-16(18)15-29)19-6-3-7-21(27-19)26-17-5-4-8-24(12-17)9-10-24/h3,6-7,11,13-14,17,29-30H,4-5,8-10,12,15H2,1-2H3,(H,26,27). The zero-order valence-electron chi connectivity index (χ0n) is 17.7. The van der Waals surface area contributed by atoms with Crippen LogP contribution in [0, 0.1) is 5.41 Å². The van der Waals surface area contributed by atoms with Gasteiger partial charge in [0.2, 0.25) is 0 Å². The zero-order chi connectivity index (χ0) is 20.9. The third-order valence-corrected chi connectivity index (χ3v) is 6.82. The van der Waals surface area contributed by atoms with Crippen molar-refractivity contribution in [1.82, 2.24) is 14.4 Å². The summed E-state index contributed by atoms with van der Waals surface area (Å²) in [5.41, 5.74) is 3.35. The molecular weight excluding hydrogens is 376 g/mol. The van der Waals surface area contributed by atoms with E-state index in [0.717, 1.165) is 22.9 Å². The molecule has 158 valence electrons. The first-order valence-corrected chi connectivity index (χ1v) is 10.9. The van der Waals surface area contributed by atoms with Crippen LogP contribution in [0.5, 0.6) is 0 Å². The van der Waals surface area contributed by atoms with Crippen LogP contribution in [0.3, 0.4) is 0 Å². The summed E-state index contributed by atoms with van der Waals surface area (Å²) in [6, 6.07) is 8.38. The Morgan fingerprint density at radius 1 is 1.27 bits per heavy atom. The van der Waals surface area contributed by atoms with Gasteiger partial charge in [0.1, 0.15) is 11.5 Å². The molecule has 0 saturated heterocycles. The van der Waals surface area contributed by atoms with E-state index in [0.29, 0.717) is 22.6 Å². The van der Waals surface area contributed by atoms with E-state index in [9.17, 15) is 10.2 Å². The maximum atomic E-state index is 10.6. The number of aliphatic hydroxyl groups excluding tert-OH is 1. The highest BCUT2D eigenvalue weighted by atomic mass is 16.3. The molecule has 2 aliphatic rings. The molecule has 3 heterocycles. The number of aromatic nitrogens is 3. The topological polar surface area (TPSA) is 82.7 Å². The van der Waals surface area contributed by atoms with Crippen molar-refractivity contribution in [3.63, 3.8) is 0 Å². The maximum Gasteiger partial charge on any atom is 0.137 e. The number of nitrogens with one attached hydrogen (secondary N) is 1. The number of fused-ring (bicyclic) bond motifs is 1. The molecule has 2 fully saturated rings. The second-order valence-electron chi connectivity index (χ2n) is 9.65. The van der Waals surface area contributed by atoms with Crippen LogP contribution in [0.25, 0.3) is 17.0 Å². The summed E-state index contributed by atoms with van der Waals surface area (Å²) < 4.78 is 1.94. The Kier molecular flexibility index (Phi) is 4.60. The van der Waals surface area contributed by atoms with Crippen molar-refractivity contribution in [3.8, 4) is 11.4 Å². The number of hydrogen-bond donors (Lipinski definition) is 3. The fourth-order valence-corrected chi connectivity index (χ4v) is 5.01. The minimum Gasteiger partial charge on any atom is -0.392 e. The Morgan fingerprint density at radius 2 is 2.10 bits per heavy atom. The van der Waals surface area contributed by atoms with E-state index in [1.165, 1.54) is 38.5 Å². The summed E-state index contributed by atoms with van der Waals surface area (Å²) in [5.74, 6) is 0.903. The van der Waals surface area contributed by atoms with Crippen molar-refractivity contribution >= 4 is 11.5 Å². The SMILES string of the molecule is CC(C)(O)c1cn2c(-c3cccc(NC4CCCC5(CC5)C4)n3)cnc2cc1CO. The first kappa shape index (κ1) is 19.5. The predicted octanol–water partition coefficient (Wildman–Crippen LogP) is 4.25. The molecule has 2 aliphatic carbocycles. The van der Waals surface area contributed by atoms with E-state index in [2.05, 4.69) is 10.3 Å². The number of hydrogen-bond acceptors (Lipinski definition) is 5. The lowest BCUT2D eigenvalue weighted by Gasteiger charge is -2.30. The highest BCUT2D eigenvalue weighted by Gasteiger charge is 2.45. The van der Waals surface area contributed by atoms with Crippen LogP contribution in [-0.2, 0) is 12.2 Å². The molecule has 0 radical (unpaired) electrons. The lowest BCUT2D eigenvalue weighted by atomic mass is 9.83. The van der Waals surface area contributed by atoms with E-state index in [1.807, 2.05) is 34.9 Å². The number of rotatable bonds is 5. The minimum atomic E-state index is -1.07. The molecule has 6 heteroatoms. The molecule has 1 unspecified atom stereocenters. The normalized spacial score (nSPS) is 20.6. The monoisotopic (exact) mass is 406 g/mol. The van der Waals surface area contributed by atoms with E-state index < -0.39 is 5.60 Å². The highest BCUT2D eigenvalue weighted by molar-refractivity contribution is 5.63. The van der Waals surface area contributed by atoms with Crippen LogP contribution in [0.2, 0.25) is 0 Å². The Hall–Kier alpha value is -2.44. The highest BCUT2D eigenvalue weighted by Crippen LogP contribution is 2.56. The Balaban J connectivity index is 1.47. The molecule has 3 aromatic heterocycles. The summed E-state index contributed by atoms with van der Waals surface area (Å²) in [6.45, 7) is 3.31. The number of nitrogens with zero attached hydrogens (tertiary/aromatic N) is 3. The van der Waals surface area contributed by atoms with Gasteiger partial charge in [0, 0.05) is 17.8 Å². The van der Waals surface area contributed by atoms with Crippen LogP contribution < -0.4 is 5.32 Å². The van der Waals surface area contributed by atoms with Gasteiger partial charge in [-0.05, 0) is 75.1 Å². The third kappa shape index (κ3) is 3.59. The van der Waals surface area contributed by atoms with Gasteiger partial charge in [0.25, 0.3) is 0 Å². The largest absolute Gasteiger partial charge is 0.392 e. The number of pyridine rings is 2. The van der Waals surface area contributed by atoms with Gasteiger partial charge in [0.15, 0.2) is 0 Å². The molecular formula is C24H30N4O2. The van der Waals surface area contributed by atoms with Crippen LogP contribution in [-0.4, -0.2) is 30.6 Å². The molecule has 6 nitrogen and oxygen atoms in total. The summed E-state index contributed by atoms with van der Waals surface area (Å²) in [7, 11) is 0. The Labute approximate surface area is 177 Å². The summed E-state index contributed by atoms with van der Waals surface area (Å²) in [5, 5.41) is 24.0. The second kappa shape index (κ2) is 7.06. The molecule has 1 atom stereocenters. The van der Waals surface area contributed by atoms with Gasteiger partial charge in [-0.2, -0.15) is 0 Å². The van der Waals surface area contributed by atoms with Crippen LogP contribution in [0.4, 0.5) is 5.82 Å².